The molecule has 0 aliphatic carbocycles. The normalized spacial score (nSPS) is 12.6. The third kappa shape index (κ3) is 2.37. The Morgan fingerprint density at radius 1 is 1.00 bits per heavy atom. The zero-order valence-electron chi connectivity index (χ0n) is 10.9. The molecule has 0 radical (unpaired) electrons. The average molecular weight is 273 g/mol. The van der Waals surface area contributed by atoms with Gasteiger partial charge in [-0.1, -0.05) is 18.2 Å². The molecule has 1 aromatic heterocycles. The maximum Gasteiger partial charge on any atom is 0.160 e. The van der Waals surface area contributed by atoms with Crippen LogP contribution in [0.25, 0.3) is 11.0 Å². The standard InChI is InChI=1S/C16H13F2NO/c1-10(19-12-6-7-13(17)14(18)9-12)16-8-11-4-2-3-5-15(11)20-16/h2-10,19H,1H3. The van der Waals surface area contributed by atoms with Gasteiger partial charge in [-0.05, 0) is 31.2 Å². The van der Waals surface area contributed by atoms with Crippen molar-refractivity contribution in [2.75, 3.05) is 5.32 Å². The van der Waals surface area contributed by atoms with Crippen LogP contribution in [-0.4, -0.2) is 0 Å². The Morgan fingerprint density at radius 3 is 2.55 bits per heavy atom. The first kappa shape index (κ1) is 12.7. The number of para-hydroxylation sites is 1. The predicted octanol–water partition coefficient (Wildman–Crippen LogP) is 4.88. The summed E-state index contributed by atoms with van der Waals surface area (Å²) in [6.45, 7) is 1.90. The molecular formula is C16H13F2NO. The predicted molar refractivity (Wildman–Crippen MR) is 74.6 cm³/mol. The van der Waals surface area contributed by atoms with E-state index in [1.54, 1.807) is 0 Å². The van der Waals surface area contributed by atoms with Crippen LogP contribution in [0, 0.1) is 11.6 Å². The van der Waals surface area contributed by atoms with Gasteiger partial charge in [0.05, 0.1) is 6.04 Å². The molecule has 1 N–H and O–H groups in total. The van der Waals surface area contributed by atoms with Gasteiger partial charge in [0, 0.05) is 17.1 Å². The molecular weight excluding hydrogens is 260 g/mol. The lowest BCUT2D eigenvalue weighted by molar-refractivity contribution is 0.507. The van der Waals surface area contributed by atoms with E-state index in [1.165, 1.54) is 6.07 Å². The van der Waals surface area contributed by atoms with Gasteiger partial charge < -0.3 is 9.73 Å². The van der Waals surface area contributed by atoms with Gasteiger partial charge in [-0.15, -0.1) is 0 Å². The summed E-state index contributed by atoms with van der Waals surface area (Å²) in [7, 11) is 0. The van der Waals surface area contributed by atoms with E-state index >= 15 is 0 Å². The number of hydrogen-bond acceptors (Lipinski definition) is 2. The van der Waals surface area contributed by atoms with Crippen LogP contribution >= 0.6 is 0 Å². The van der Waals surface area contributed by atoms with Crippen molar-refractivity contribution >= 4 is 16.7 Å². The summed E-state index contributed by atoms with van der Waals surface area (Å²) >= 11 is 0. The van der Waals surface area contributed by atoms with Crippen LogP contribution < -0.4 is 5.32 Å². The van der Waals surface area contributed by atoms with E-state index in [4.69, 9.17) is 4.42 Å². The topological polar surface area (TPSA) is 25.2 Å². The summed E-state index contributed by atoms with van der Waals surface area (Å²) in [6.07, 6.45) is 0. The Morgan fingerprint density at radius 2 is 1.80 bits per heavy atom. The number of nitrogens with one attached hydrogen (secondary N) is 1. The van der Waals surface area contributed by atoms with Crippen LogP contribution in [0.4, 0.5) is 14.5 Å². The van der Waals surface area contributed by atoms with Gasteiger partial charge in [0.15, 0.2) is 11.6 Å². The van der Waals surface area contributed by atoms with Crippen molar-refractivity contribution in [3.8, 4) is 0 Å². The third-order valence-corrected chi connectivity index (χ3v) is 3.17. The van der Waals surface area contributed by atoms with Crippen molar-refractivity contribution in [3.05, 3.63) is 65.9 Å². The van der Waals surface area contributed by atoms with Crippen LogP contribution in [0.1, 0.15) is 18.7 Å². The van der Waals surface area contributed by atoms with E-state index in [1.807, 2.05) is 37.3 Å². The molecule has 3 rings (SSSR count). The lowest BCUT2D eigenvalue weighted by Gasteiger charge is -2.12. The molecule has 4 heteroatoms. The summed E-state index contributed by atoms with van der Waals surface area (Å²) in [5.74, 6) is -0.977. The molecule has 2 aromatic carbocycles. The first-order valence-corrected chi connectivity index (χ1v) is 6.33. The molecule has 0 bridgehead atoms. The van der Waals surface area contributed by atoms with E-state index in [-0.39, 0.29) is 6.04 Å². The lowest BCUT2D eigenvalue weighted by atomic mass is 10.2. The number of furan rings is 1. The minimum atomic E-state index is -0.869. The summed E-state index contributed by atoms with van der Waals surface area (Å²) in [6, 6.07) is 13.2. The SMILES string of the molecule is CC(Nc1ccc(F)c(F)c1)c1cc2ccccc2o1. The fourth-order valence-electron chi connectivity index (χ4n) is 2.12. The highest BCUT2D eigenvalue weighted by molar-refractivity contribution is 5.77. The fraction of sp³-hybridized carbons (Fsp3) is 0.125. The number of halogens is 2. The second kappa shape index (κ2) is 4.96. The minimum absolute atomic E-state index is 0.146. The highest BCUT2D eigenvalue weighted by Gasteiger charge is 2.12. The molecule has 0 aliphatic rings. The van der Waals surface area contributed by atoms with Gasteiger partial charge in [-0.3, -0.25) is 0 Å². The summed E-state index contributed by atoms with van der Waals surface area (Å²) in [4.78, 5) is 0. The van der Waals surface area contributed by atoms with Crippen molar-refractivity contribution in [1.29, 1.82) is 0 Å². The Hall–Kier alpha value is -2.36. The van der Waals surface area contributed by atoms with Crippen LogP contribution in [0.15, 0.2) is 52.9 Å². The number of benzene rings is 2. The lowest BCUT2D eigenvalue weighted by Crippen LogP contribution is -2.05. The van der Waals surface area contributed by atoms with E-state index in [9.17, 15) is 8.78 Å². The van der Waals surface area contributed by atoms with Crippen molar-refractivity contribution in [3.63, 3.8) is 0 Å². The molecule has 0 spiro atoms. The molecule has 0 aliphatic heterocycles. The third-order valence-electron chi connectivity index (χ3n) is 3.17. The maximum absolute atomic E-state index is 13.2. The monoisotopic (exact) mass is 273 g/mol. The van der Waals surface area contributed by atoms with Crippen LogP contribution in [0.3, 0.4) is 0 Å². The number of hydrogen-bond donors (Lipinski definition) is 1. The van der Waals surface area contributed by atoms with Gasteiger partial charge >= 0.3 is 0 Å². The van der Waals surface area contributed by atoms with Gasteiger partial charge in [0.25, 0.3) is 0 Å². The molecule has 0 saturated heterocycles. The molecule has 1 heterocycles. The Kier molecular flexibility index (Phi) is 3.14. The number of fused-ring (bicyclic) bond motifs is 1. The highest BCUT2D eigenvalue weighted by Crippen LogP contribution is 2.26. The largest absolute Gasteiger partial charge is 0.459 e. The van der Waals surface area contributed by atoms with Gasteiger partial charge in [0.2, 0.25) is 0 Å². The average Bonchev–Trinajstić information content (AvgIpc) is 2.87. The smallest absolute Gasteiger partial charge is 0.160 e. The van der Waals surface area contributed by atoms with Crippen LogP contribution in [-0.2, 0) is 0 Å². The first-order valence-electron chi connectivity index (χ1n) is 6.33. The van der Waals surface area contributed by atoms with Crippen LogP contribution in [0.5, 0.6) is 0 Å². The van der Waals surface area contributed by atoms with Gasteiger partial charge in [-0.25, -0.2) is 8.78 Å². The molecule has 0 saturated carbocycles. The number of rotatable bonds is 3. The van der Waals surface area contributed by atoms with Gasteiger partial charge in [0.1, 0.15) is 11.3 Å². The van der Waals surface area contributed by atoms with Crippen molar-refractivity contribution in [1.82, 2.24) is 0 Å². The Bertz CT molecular complexity index is 718. The van der Waals surface area contributed by atoms with E-state index in [0.29, 0.717) is 5.69 Å². The fourth-order valence-corrected chi connectivity index (χ4v) is 2.12. The molecule has 1 atom stereocenters. The molecule has 0 fully saturated rings. The zero-order valence-corrected chi connectivity index (χ0v) is 10.9. The molecule has 102 valence electrons. The van der Waals surface area contributed by atoms with Crippen molar-refractivity contribution < 1.29 is 13.2 Å². The molecule has 0 amide bonds. The molecule has 1 unspecified atom stereocenters. The first-order chi connectivity index (χ1) is 9.63. The second-order valence-corrected chi connectivity index (χ2v) is 4.68. The molecule has 2 nitrogen and oxygen atoms in total. The summed E-state index contributed by atoms with van der Waals surface area (Å²) in [5, 5.41) is 4.10. The van der Waals surface area contributed by atoms with Gasteiger partial charge in [-0.2, -0.15) is 0 Å². The highest BCUT2D eigenvalue weighted by atomic mass is 19.2. The Balaban J connectivity index is 1.84. The maximum atomic E-state index is 13.2. The van der Waals surface area contributed by atoms with Crippen molar-refractivity contribution in [2.24, 2.45) is 0 Å². The summed E-state index contributed by atoms with van der Waals surface area (Å²) in [5.41, 5.74) is 1.32. The van der Waals surface area contributed by atoms with Crippen LogP contribution in [0.2, 0.25) is 0 Å². The Labute approximate surface area is 115 Å². The second-order valence-electron chi connectivity index (χ2n) is 4.68. The quantitative estimate of drug-likeness (QED) is 0.735. The zero-order chi connectivity index (χ0) is 14.1. The van der Waals surface area contributed by atoms with Crippen molar-refractivity contribution in [2.45, 2.75) is 13.0 Å². The minimum Gasteiger partial charge on any atom is -0.459 e. The molecule has 3 aromatic rings. The summed E-state index contributed by atoms with van der Waals surface area (Å²) < 4.78 is 31.8. The number of anilines is 1. The van der Waals surface area contributed by atoms with E-state index in [0.717, 1.165) is 28.9 Å². The van der Waals surface area contributed by atoms with E-state index in [2.05, 4.69) is 5.32 Å². The molecule has 20 heavy (non-hydrogen) atoms. The van der Waals surface area contributed by atoms with E-state index < -0.39 is 11.6 Å².